The minimum absolute atomic E-state index is 0.0731. The van der Waals surface area contributed by atoms with Gasteiger partial charge in [-0.3, -0.25) is 9.48 Å². The second kappa shape index (κ2) is 11.1. The Labute approximate surface area is 184 Å². The first kappa shape index (κ1) is 23.0. The summed E-state index contributed by atoms with van der Waals surface area (Å²) in [7, 11) is 0. The van der Waals surface area contributed by atoms with Gasteiger partial charge in [0.1, 0.15) is 5.69 Å². The Hall–Kier alpha value is -2.67. The van der Waals surface area contributed by atoms with Gasteiger partial charge in [0.05, 0.1) is 17.9 Å². The van der Waals surface area contributed by atoms with Gasteiger partial charge in [-0.15, -0.1) is 0 Å². The molecule has 1 aromatic heterocycles. The monoisotopic (exact) mass is 427 g/mol. The molecule has 1 N–H and O–H groups in total. The maximum absolute atomic E-state index is 12.8. The highest BCUT2D eigenvalue weighted by Crippen LogP contribution is 2.21. The van der Waals surface area contributed by atoms with Crippen molar-refractivity contribution >= 4 is 11.9 Å². The van der Waals surface area contributed by atoms with Gasteiger partial charge in [0.2, 0.25) is 0 Å². The number of nitrogens with one attached hydrogen (secondary N) is 1. The Bertz CT molecular complexity index is 906. The third-order valence-electron chi connectivity index (χ3n) is 5.41. The van der Waals surface area contributed by atoms with Crippen LogP contribution in [0.15, 0.2) is 24.3 Å². The lowest BCUT2D eigenvalue weighted by Gasteiger charge is -2.12. The van der Waals surface area contributed by atoms with Crippen molar-refractivity contribution in [2.75, 3.05) is 26.4 Å². The van der Waals surface area contributed by atoms with E-state index in [1.54, 1.807) is 10.7 Å². The number of nitrogens with zero attached hydrogens (tertiary/aromatic N) is 2. The lowest BCUT2D eigenvalue weighted by atomic mass is 9.99. The molecule has 7 heteroatoms. The van der Waals surface area contributed by atoms with E-state index in [-0.39, 0.29) is 17.8 Å². The number of hydrogen-bond donors (Lipinski definition) is 1. The molecule has 7 nitrogen and oxygen atoms in total. The molecule has 168 valence electrons. The smallest absolute Gasteiger partial charge is 0.338 e. The highest BCUT2D eigenvalue weighted by molar-refractivity contribution is 5.94. The lowest BCUT2D eigenvalue weighted by molar-refractivity contribution is 0.0448. The number of fused-ring (bicyclic) bond motifs is 1. The molecule has 1 amide bonds. The molecule has 0 radical (unpaired) electrons. The van der Waals surface area contributed by atoms with Crippen LogP contribution in [0.1, 0.15) is 64.4 Å². The van der Waals surface area contributed by atoms with Crippen molar-refractivity contribution < 1.29 is 19.1 Å². The summed E-state index contributed by atoms with van der Waals surface area (Å²) in [6.45, 7) is 8.83. The molecule has 0 saturated carbocycles. The van der Waals surface area contributed by atoms with Gasteiger partial charge in [-0.2, -0.15) is 5.10 Å². The second-order valence-corrected chi connectivity index (χ2v) is 8.19. The molecule has 0 unspecified atom stereocenters. The molecule has 1 aliphatic heterocycles. The van der Waals surface area contributed by atoms with Crippen LogP contribution in [0.25, 0.3) is 0 Å². The molecule has 0 aliphatic carbocycles. The standard InChI is InChI=1S/C24H33N3O4/c1-4-27-22-20(10-6-12-30-13-7-11-25-23(22)28)21(26-27)15-18(3)16-31-24(29)19-9-5-8-17(2)14-19/h5,8-9,14,18H,4,6-7,10-13,15-16H2,1-3H3,(H,25,28)/t18-/m1/s1. The van der Waals surface area contributed by atoms with Crippen LogP contribution in [0, 0.1) is 12.8 Å². The fourth-order valence-electron chi connectivity index (χ4n) is 3.83. The van der Waals surface area contributed by atoms with Crippen LogP contribution in [-0.4, -0.2) is 48.0 Å². The Morgan fingerprint density at radius 3 is 2.90 bits per heavy atom. The molecule has 1 aliphatic rings. The van der Waals surface area contributed by atoms with Gasteiger partial charge in [-0.05, 0) is 57.6 Å². The molecule has 31 heavy (non-hydrogen) atoms. The minimum atomic E-state index is -0.314. The van der Waals surface area contributed by atoms with Crippen molar-refractivity contribution in [3.8, 4) is 0 Å². The van der Waals surface area contributed by atoms with Gasteiger partial charge in [-0.1, -0.05) is 24.6 Å². The third kappa shape index (κ3) is 6.17. The zero-order valence-electron chi connectivity index (χ0n) is 18.8. The number of amides is 1. The van der Waals surface area contributed by atoms with Crippen LogP contribution in [0.4, 0.5) is 0 Å². The summed E-state index contributed by atoms with van der Waals surface area (Å²) in [6.07, 6.45) is 3.04. The Balaban J connectivity index is 1.71. The van der Waals surface area contributed by atoms with Crippen LogP contribution in [0.5, 0.6) is 0 Å². The molecule has 2 aromatic rings. The van der Waals surface area contributed by atoms with Gasteiger partial charge in [-0.25, -0.2) is 4.79 Å². The fraction of sp³-hybridized carbons (Fsp3) is 0.542. The number of rotatable bonds is 6. The highest BCUT2D eigenvalue weighted by atomic mass is 16.5. The molecule has 0 fully saturated rings. The summed E-state index contributed by atoms with van der Waals surface area (Å²) in [6, 6.07) is 7.39. The minimum Gasteiger partial charge on any atom is -0.462 e. The predicted octanol–water partition coefficient (Wildman–Crippen LogP) is 3.33. The average molecular weight is 428 g/mol. The van der Waals surface area contributed by atoms with E-state index in [0.717, 1.165) is 36.1 Å². The van der Waals surface area contributed by atoms with Crippen molar-refractivity contribution in [1.82, 2.24) is 15.1 Å². The first-order valence-corrected chi connectivity index (χ1v) is 11.2. The van der Waals surface area contributed by atoms with E-state index in [4.69, 9.17) is 14.6 Å². The first-order valence-electron chi connectivity index (χ1n) is 11.2. The SMILES string of the molecule is CCn1nc(C[C@@H](C)COC(=O)c2cccc(C)c2)c2c1C(=O)NCCCOCCC2. The summed E-state index contributed by atoms with van der Waals surface area (Å²) in [5.74, 6) is -0.308. The van der Waals surface area contributed by atoms with Gasteiger partial charge in [0.25, 0.3) is 5.91 Å². The third-order valence-corrected chi connectivity index (χ3v) is 5.41. The number of hydrogen-bond acceptors (Lipinski definition) is 5. The van der Waals surface area contributed by atoms with Crippen LogP contribution in [0.2, 0.25) is 0 Å². The Morgan fingerprint density at radius 1 is 1.32 bits per heavy atom. The number of benzene rings is 1. The number of esters is 1. The Kier molecular flexibility index (Phi) is 8.23. The molecular weight excluding hydrogens is 394 g/mol. The maximum atomic E-state index is 12.8. The molecule has 1 atom stereocenters. The summed E-state index contributed by atoms with van der Waals surface area (Å²) in [4.78, 5) is 25.2. The van der Waals surface area contributed by atoms with E-state index in [2.05, 4.69) is 5.32 Å². The topological polar surface area (TPSA) is 82.5 Å². The number of carbonyl (C=O) groups excluding carboxylic acids is 2. The highest BCUT2D eigenvalue weighted by Gasteiger charge is 2.24. The number of ether oxygens (including phenoxy) is 2. The van der Waals surface area contributed by atoms with Crippen LogP contribution >= 0.6 is 0 Å². The van der Waals surface area contributed by atoms with Crippen molar-refractivity contribution in [3.05, 3.63) is 52.3 Å². The largest absolute Gasteiger partial charge is 0.462 e. The van der Waals surface area contributed by atoms with Crippen LogP contribution in [0.3, 0.4) is 0 Å². The van der Waals surface area contributed by atoms with Crippen molar-refractivity contribution in [2.24, 2.45) is 5.92 Å². The second-order valence-electron chi connectivity index (χ2n) is 8.19. The Morgan fingerprint density at radius 2 is 2.13 bits per heavy atom. The first-order chi connectivity index (χ1) is 15.0. The number of aryl methyl sites for hydroxylation is 2. The van der Waals surface area contributed by atoms with Crippen molar-refractivity contribution in [2.45, 2.75) is 53.0 Å². The molecule has 3 rings (SSSR count). The summed E-state index contributed by atoms with van der Waals surface area (Å²) in [5.41, 5.74) is 4.14. The average Bonchev–Trinajstić information content (AvgIpc) is 3.08. The summed E-state index contributed by atoms with van der Waals surface area (Å²) >= 11 is 0. The van der Waals surface area contributed by atoms with E-state index >= 15 is 0 Å². The predicted molar refractivity (Wildman–Crippen MR) is 118 cm³/mol. The van der Waals surface area contributed by atoms with Crippen molar-refractivity contribution in [3.63, 3.8) is 0 Å². The van der Waals surface area contributed by atoms with Gasteiger partial charge in [0.15, 0.2) is 0 Å². The van der Waals surface area contributed by atoms with E-state index in [9.17, 15) is 9.59 Å². The van der Waals surface area contributed by atoms with E-state index in [1.165, 1.54) is 0 Å². The quantitative estimate of drug-likeness (QED) is 0.715. The number of aromatic nitrogens is 2. The summed E-state index contributed by atoms with van der Waals surface area (Å²) < 4.78 is 13.0. The molecular formula is C24H33N3O4. The van der Waals surface area contributed by atoms with E-state index in [0.29, 0.717) is 50.6 Å². The lowest BCUT2D eigenvalue weighted by Crippen LogP contribution is -2.28. The molecule has 0 saturated heterocycles. The van der Waals surface area contributed by atoms with Crippen molar-refractivity contribution in [1.29, 1.82) is 0 Å². The zero-order chi connectivity index (χ0) is 22.2. The van der Waals surface area contributed by atoms with E-state index in [1.807, 2.05) is 39.0 Å². The normalized spacial score (nSPS) is 16.0. The zero-order valence-corrected chi connectivity index (χ0v) is 18.8. The molecule has 0 spiro atoms. The maximum Gasteiger partial charge on any atom is 0.338 e. The fourth-order valence-corrected chi connectivity index (χ4v) is 3.83. The molecule has 0 bridgehead atoms. The van der Waals surface area contributed by atoms with E-state index < -0.39 is 0 Å². The number of carbonyl (C=O) groups is 2. The van der Waals surface area contributed by atoms with Crippen LogP contribution < -0.4 is 5.32 Å². The molecule has 2 heterocycles. The summed E-state index contributed by atoms with van der Waals surface area (Å²) in [5, 5.41) is 7.73. The van der Waals surface area contributed by atoms with Crippen LogP contribution in [-0.2, 0) is 28.9 Å². The van der Waals surface area contributed by atoms with Gasteiger partial charge >= 0.3 is 5.97 Å². The van der Waals surface area contributed by atoms with Gasteiger partial charge < -0.3 is 14.8 Å². The van der Waals surface area contributed by atoms with Gasteiger partial charge in [0, 0.05) is 31.9 Å². The molecule has 1 aromatic carbocycles.